The Hall–Kier alpha value is -2.85. The Morgan fingerprint density at radius 3 is 1.62 bits per heavy atom. The second kappa shape index (κ2) is 7.20. The van der Waals surface area contributed by atoms with Crippen LogP contribution in [0.1, 0.15) is 5.56 Å². The Balaban J connectivity index is 2.18. The predicted molar refractivity (Wildman–Crippen MR) is 93.6 cm³/mol. The minimum atomic E-state index is -4.91. The third kappa shape index (κ3) is 4.28. The number of nitrogens with two attached hydrogens (primary N) is 1. The number of hydrogen-bond acceptors (Lipinski definition) is 2. The Labute approximate surface area is 161 Å². The second-order valence-electron chi connectivity index (χ2n) is 6.07. The molecule has 3 nitrogen and oxygen atoms in total. The van der Waals surface area contributed by atoms with E-state index in [2.05, 4.69) is 0 Å². The first-order valence-electron chi connectivity index (χ1n) is 7.87. The van der Waals surface area contributed by atoms with Gasteiger partial charge in [-0.25, -0.2) is 26.7 Å². The van der Waals surface area contributed by atoms with E-state index in [1.165, 1.54) is 12.1 Å². The lowest BCUT2D eigenvalue weighted by atomic mass is 9.93. The number of hydrogen-bond donors (Lipinski definition) is 1. The molecular weight excluding hydrogens is 420 g/mol. The van der Waals surface area contributed by atoms with Gasteiger partial charge in [0.15, 0.2) is 11.6 Å². The molecule has 3 aromatic rings. The zero-order chi connectivity index (χ0) is 21.6. The molecule has 0 spiro atoms. The number of primary sulfonamides is 1. The van der Waals surface area contributed by atoms with Crippen LogP contribution in [-0.2, 0) is 16.2 Å². The summed E-state index contributed by atoms with van der Waals surface area (Å²) in [5, 5.41) is 5.01. The molecule has 29 heavy (non-hydrogen) atoms. The van der Waals surface area contributed by atoms with Gasteiger partial charge in [-0.2, -0.15) is 13.2 Å². The molecule has 0 radical (unpaired) electrons. The summed E-state index contributed by atoms with van der Waals surface area (Å²) in [6.07, 6.45) is -4.91. The van der Waals surface area contributed by atoms with Gasteiger partial charge in [-0.05, 0) is 58.7 Å². The summed E-state index contributed by atoms with van der Waals surface area (Å²) in [5.74, 6) is -4.10. The monoisotopic (exact) mass is 431 g/mol. The van der Waals surface area contributed by atoms with Gasteiger partial charge >= 0.3 is 6.18 Å². The number of sulfonamides is 1. The number of rotatable bonds is 3. The van der Waals surface area contributed by atoms with Crippen LogP contribution in [0.5, 0.6) is 0 Å². The first-order chi connectivity index (χ1) is 13.4. The van der Waals surface area contributed by atoms with Gasteiger partial charge in [-0.15, -0.1) is 0 Å². The molecule has 0 heterocycles. The van der Waals surface area contributed by atoms with Gasteiger partial charge in [0.2, 0.25) is 10.0 Å². The zero-order valence-corrected chi connectivity index (χ0v) is 15.1. The molecule has 0 unspecified atom stereocenters. The molecule has 0 aliphatic rings. The average molecular weight is 431 g/mol. The first kappa shape index (κ1) is 20.9. The highest BCUT2D eigenvalue weighted by atomic mass is 32.2. The molecule has 3 rings (SSSR count). The Morgan fingerprint density at radius 2 is 1.17 bits per heavy atom. The predicted octanol–water partition coefficient (Wildman–Crippen LogP) is 5.10. The number of alkyl halides is 3. The lowest BCUT2D eigenvalue weighted by molar-refractivity contribution is -0.139. The molecule has 0 fully saturated rings. The Bertz CT molecular complexity index is 1190. The van der Waals surface area contributed by atoms with Crippen LogP contribution in [0, 0.1) is 17.5 Å². The summed E-state index contributed by atoms with van der Waals surface area (Å²) in [6.45, 7) is 0. The van der Waals surface area contributed by atoms with E-state index in [9.17, 15) is 34.8 Å². The topological polar surface area (TPSA) is 60.2 Å². The van der Waals surface area contributed by atoms with Crippen LogP contribution < -0.4 is 5.14 Å². The summed E-state index contributed by atoms with van der Waals surface area (Å²) in [5.41, 5.74) is -1.47. The van der Waals surface area contributed by atoms with E-state index in [0.29, 0.717) is 12.1 Å². The van der Waals surface area contributed by atoms with Crippen molar-refractivity contribution >= 4 is 10.0 Å². The van der Waals surface area contributed by atoms with Crippen LogP contribution >= 0.6 is 0 Å². The van der Waals surface area contributed by atoms with E-state index in [0.717, 1.165) is 30.3 Å². The minimum Gasteiger partial charge on any atom is -0.225 e. The largest absolute Gasteiger partial charge is 0.419 e. The summed E-state index contributed by atoms with van der Waals surface area (Å²) in [6, 6.07) is 8.28. The third-order valence-electron chi connectivity index (χ3n) is 4.14. The Morgan fingerprint density at radius 1 is 0.690 bits per heavy atom. The van der Waals surface area contributed by atoms with Crippen molar-refractivity contribution in [2.24, 2.45) is 5.14 Å². The summed E-state index contributed by atoms with van der Waals surface area (Å²) in [7, 11) is -3.99. The quantitative estimate of drug-likeness (QED) is 0.587. The first-order valence-corrected chi connectivity index (χ1v) is 9.42. The molecule has 152 valence electrons. The van der Waals surface area contributed by atoms with Crippen molar-refractivity contribution < 1.29 is 34.8 Å². The fraction of sp³-hybridized carbons (Fsp3) is 0.0526. The molecule has 3 aromatic carbocycles. The molecule has 0 saturated carbocycles. The molecule has 0 saturated heterocycles. The molecule has 10 heteroatoms. The minimum absolute atomic E-state index is 0.0176. The molecule has 0 aromatic heterocycles. The smallest absolute Gasteiger partial charge is 0.225 e. The second-order valence-corrected chi connectivity index (χ2v) is 7.64. The fourth-order valence-corrected chi connectivity index (χ4v) is 3.28. The van der Waals surface area contributed by atoms with Crippen LogP contribution in [0.4, 0.5) is 26.3 Å². The van der Waals surface area contributed by atoms with Crippen molar-refractivity contribution in [2.75, 3.05) is 0 Å². The van der Waals surface area contributed by atoms with E-state index < -0.39 is 39.2 Å². The maximum absolute atomic E-state index is 14.0. The van der Waals surface area contributed by atoms with Gasteiger partial charge in [0.05, 0.1) is 10.5 Å². The molecule has 2 N–H and O–H groups in total. The van der Waals surface area contributed by atoms with Crippen LogP contribution in [0.3, 0.4) is 0 Å². The van der Waals surface area contributed by atoms with E-state index >= 15 is 0 Å². The maximum atomic E-state index is 14.0. The van der Waals surface area contributed by atoms with Crippen LogP contribution in [0.2, 0.25) is 0 Å². The van der Waals surface area contributed by atoms with Gasteiger partial charge < -0.3 is 0 Å². The van der Waals surface area contributed by atoms with Gasteiger partial charge in [0.25, 0.3) is 0 Å². The number of halogens is 6. The third-order valence-corrected chi connectivity index (χ3v) is 5.07. The highest BCUT2D eigenvalue weighted by molar-refractivity contribution is 7.89. The van der Waals surface area contributed by atoms with E-state index in [1.807, 2.05) is 0 Å². The molecule has 0 aliphatic heterocycles. The van der Waals surface area contributed by atoms with Crippen molar-refractivity contribution in [1.82, 2.24) is 0 Å². The highest BCUT2D eigenvalue weighted by Gasteiger charge is 2.34. The van der Waals surface area contributed by atoms with Crippen molar-refractivity contribution in [3.8, 4) is 22.3 Å². The van der Waals surface area contributed by atoms with Crippen molar-refractivity contribution in [1.29, 1.82) is 0 Å². The van der Waals surface area contributed by atoms with Gasteiger partial charge in [-0.1, -0.05) is 18.2 Å². The molecule has 0 bridgehead atoms. The maximum Gasteiger partial charge on any atom is 0.419 e. The fourth-order valence-electron chi connectivity index (χ4n) is 2.76. The van der Waals surface area contributed by atoms with Crippen molar-refractivity contribution in [3.63, 3.8) is 0 Å². The highest BCUT2D eigenvalue weighted by Crippen LogP contribution is 2.37. The zero-order valence-electron chi connectivity index (χ0n) is 14.3. The lowest BCUT2D eigenvalue weighted by Gasteiger charge is -2.14. The van der Waals surface area contributed by atoms with E-state index in [-0.39, 0.29) is 27.1 Å². The van der Waals surface area contributed by atoms with Crippen molar-refractivity contribution in [2.45, 2.75) is 11.1 Å². The molecule has 0 aliphatic carbocycles. The van der Waals surface area contributed by atoms with E-state index in [1.54, 1.807) is 0 Å². The normalized spacial score (nSPS) is 12.2. The summed E-state index contributed by atoms with van der Waals surface area (Å²) in [4.78, 5) is -0.231. The van der Waals surface area contributed by atoms with Crippen molar-refractivity contribution in [3.05, 3.63) is 77.6 Å². The summed E-state index contributed by atoms with van der Waals surface area (Å²) < 4.78 is 103. The van der Waals surface area contributed by atoms with Crippen LogP contribution in [-0.4, -0.2) is 8.42 Å². The van der Waals surface area contributed by atoms with E-state index in [4.69, 9.17) is 5.14 Å². The summed E-state index contributed by atoms with van der Waals surface area (Å²) >= 11 is 0. The Kier molecular flexibility index (Phi) is 5.18. The standard InChI is InChI=1S/C19H11F6NO2S/c20-16-7-11(3-6-15(16)19(23,24)25)14-9-18(22)17(21)8-13(14)10-1-4-12(5-2-10)29(26,27)28/h1-9H,(H2,26,27,28). The van der Waals surface area contributed by atoms with Crippen LogP contribution in [0.15, 0.2) is 59.5 Å². The number of benzene rings is 3. The van der Waals surface area contributed by atoms with Gasteiger partial charge in [-0.3, -0.25) is 0 Å². The van der Waals surface area contributed by atoms with Gasteiger partial charge in [0.1, 0.15) is 5.82 Å². The molecule has 0 amide bonds. The molecule has 0 atom stereocenters. The van der Waals surface area contributed by atoms with Gasteiger partial charge in [0, 0.05) is 0 Å². The lowest BCUT2D eigenvalue weighted by Crippen LogP contribution is -2.11. The van der Waals surface area contributed by atoms with Crippen LogP contribution in [0.25, 0.3) is 22.3 Å². The average Bonchev–Trinajstić information content (AvgIpc) is 2.62. The SMILES string of the molecule is NS(=O)(=O)c1ccc(-c2cc(F)c(F)cc2-c2ccc(C(F)(F)F)c(F)c2)cc1. The molecular formula is C19H11F6NO2S.